The number of likely N-dealkylation sites (N-methyl/N-ethyl adjacent to an activating group) is 1. The largest absolute Gasteiger partial charge is 0.466 e. The van der Waals surface area contributed by atoms with Crippen molar-refractivity contribution in [1.29, 1.82) is 0 Å². The van der Waals surface area contributed by atoms with E-state index in [9.17, 15) is 4.79 Å². The van der Waals surface area contributed by atoms with E-state index in [1.165, 1.54) is 12.8 Å². The van der Waals surface area contributed by atoms with Crippen molar-refractivity contribution in [2.75, 3.05) is 38.3 Å². The number of carbonyl (C=O) groups excluding carboxylic acids is 1. The molecule has 0 atom stereocenters. The van der Waals surface area contributed by atoms with Crippen LogP contribution in [0.5, 0.6) is 0 Å². The van der Waals surface area contributed by atoms with Gasteiger partial charge in [-0.1, -0.05) is 0 Å². The van der Waals surface area contributed by atoms with Gasteiger partial charge in [-0.25, -0.2) is 4.98 Å². The smallest absolute Gasteiger partial charge is 0.306 e. The fourth-order valence-electron chi connectivity index (χ4n) is 1.88. The van der Waals surface area contributed by atoms with Crippen molar-refractivity contribution in [3.05, 3.63) is 11.1 Å². The van der Waals surface area contributed by atoms with Gasteiger partial charge in [0.2, 0.25) is 0 Å². The quantitative estimate of drug-likeness (QED) is 0.491. The van der Waals surface area contributed by atoms with Crippen LogP contribution in [0.3, 0.4) is 0 Å². The van der Waals surface area contributed by atoms with Gasteiger partial charge in [0.05, 0.1) is 25.3 Å². The number of aryl methyl sites for hydroxylation is 1. The minimum atomic E-state index is -0.158. The van der Waals surface area contributed by atoms with Gasteiger partial charge in [0.25, 0.3) is 0 Å². The molecule has 1 saturated carbocycles. The first-order valence-electron chi connectivity index (χ1n) is 7.58. The van der Waals surface area contributed by atoms with Crippen molar-refractivity contribution in [3.8, 4) is 0 Å². The van der Waals surface area contributed by atoms with Crippen molar-refractivity contribution < 1.29 is 14.3 Å². The number of carbonyl (C=O) groups is 1. The van der Waals surface area contributed by atoms with Gasteiger partial charge in [-0.3, -0.25) is 4.79 Å². The lowest BCUT2D eigenvalue weighted by Gasteiger charge is -2.15. The van der Waals surface area contributed by atoms with Crippen molar-refractivity contribution in [2.24, 2.45) is 5.92 Å². The fraction of sp³-hybridized carbons (Fsp3) is 0.733. The standard InChI is InChI=1S/C15H24N2O3S/c1-3-20-14(18)7-6-13-11-21-15(16-13)17(2)8-9-19-10-12-4-5-12/h11-12H,3-10H2,1-2H3. The summed E-state index contributed by atoms with van der Waals surface area (Å²) in [5, 5.41) is 2.99. The summed E-state index contributed by atoms with van der Waals surface area (Å²) in [6.07, 6.45) is 3.69. The van der Waals surface area contributed by atoms with Crippen LogP contribution in [0.2, 0.25) is 0 Å². The Morgan fingerprint density at radius 1 is 1.52 bits per heavy atom. The van der Waals surface area contributed by atoms with Crippen molar-refractivity contribution in [1.82, 2.24) is 4.98 Å². The van der Waals surface area contributed by atoms with Crippen LogP contribution in [-0.2, 0) is 20.7 Å². The maximum Gasteiger partial charge on any atom is 0.306 e. The Labute approximate surface area is 130 Å². The molecule has 0 aliphatic heterocycles. The van der Waals surface area contributed by atoms with Crippen molar-refractivity contribution in [3.63, 3.8) is 0 Å². The molecule has 1 aromatic rings. The Morgan fingerprint density at radius 3 is 3.05 bits per heavy atom. The minimum absolute atomic E-state index is 0.158. The molecule has 0 aromatic carbocycles. The first-order chi connectivity index (χ1) is 10.2. The third-order valence-corrected chi connectivity index (χ3v) is 4.38. The molecule has 2 rings (SSSR count). The number of hydrogen-bond acceptors (Lipinski definition) is 6. The number of esters is 1. The monoisotopic (exact) mass is 312 g/mol. The summed E-state index contributed by atoms with van der Waals surface area (Å²) in [6, 6.07) is 0. The lowest BCUT2D eigenvalue weighted by Crippen LogP contribution is -2.22. The zero-order chi connectivity index (χ0) is 15.1. The zero-order valence-corrected chi connectivity index (χ0v) is 13.7. The molecule has 0 amide bonds. The van der Waals surface area contributed by atoms with Crippen LogP contribution in [0.15, 0.2) is 5.38 Å². The van der Waals surface area contributed by atoms with E-state index in [4.69, 9.17) is 9.47 Å². The molecule has 0 spiro atoms. The maximum atomic E-state index is 11.3. The average Bonchev–Trinajstić information content (AvgIpc) is 3.17. The Morgan fingerprint density at radius 2 is 2.33 bits per heavy atom. The van der Waals surface area contributed by atoms with Gasteiger partial charge in [0.1, 0.15) is 0 Å². The topological polar surface area (TPSA) is 51.7 Å². The van der Waals surface area contributed by atoms with E-state index in [0.29, 0.717) is 19.4 Å². The predicted molar refractivity (Wildman–Crippen MR) is 83.9 cm³/mol. The second-order valence-corrected chi connectivity index (χ2v) is 6.20. The van der Waals surface area contributed by atoms with Crippen LogP contribution in [-0.4, -0.2) is 44.4 Å². The molecule has 1 aliphatic rings. The highest BCUT2D eigenvalue weighted by molar-refractivity contribution is 7.13. The lowest BCUT2D eigenvalue weighted by atomic mass is 10.2. The molecule has 21 heavy (non-hydrogen) atoms. The van der Waals surface area contributed by atoms with Crippen LogP contribution >= 0.6 is 11.3 Å². The molecule has 0 bridgehead atoms. The number of aromatic nitrogens is 1. The summed E-state index contributed by atoms with van der Waals surface area (Å²) in [5.41, 5.74) is 0.953. The normalized spacial score (nSPS) is 14.2. The molecule has 6 heteroatoms. The first kappa shape index (κ1) is 16.2. The molecule has 5 nitrogen and oxygen atoms in total. The van der Waals surface area contributed by atoms with E-state index in [2.05, 4.69) is 9.88 Å². The Bertz CT molecular complexity index is 446. The summed E-state index contributed by atoms with van der Waals surface area (Å²) in [4.78, 5) is 18.0. The number of hydrogen-bond donors (Lipinski definition) is 0. The number of nitrogens with zero attached hydrogens (tertiary/aromatic N) is 2. The van der Waals surface area contributed by atoms with Gasteiger partial charge in [-0.15, -0.1) is 11.3 Å². The van der Waals surface area contributed by atoms with E-state index in [1.54, 1.807) is 11.3 Å². The summed E-state index contributed by atoms with van der Waals surface area (Å²) in [6.45, 7) is 4.74. The highest BCUT2D eigenvalue weighted by Gasteiger charge is 2.21. The van der Waals surface area contributed by atoms with Gasteiger partial charge < -0.3 is 14.4 Å². The van der Waals surface area contributed by atoms with Gasteiger partial charge in [-0.05, 0) is 25.7 Å². The molecule has 1 heterocycles. The van der Waals surface area contributed by atoms with E-state index >= 15 is 0 Å². The van der Waals surface area contributed by atoms with E-state index in [-0.39, 0.29) is 5.97 Å². The van der Waals surface area contributed by atoms with Gasteiger partial charge in [0.15, 0.2) is 5.13 Å². The Kier molecular flexibility index (Phi) is 6.45. The fourth-order valence-corrected chi connectivity index (χ4v) is 2.73. The van der Waals surface area contributed by atoms with Crippen LogP contribution in [0.1, 0.15) is 31.9 Å². The van der Waals surface area contributed by atoms with Crippen LogP contribution in [0.4, 0.5) is 5.13 Å². The average molecular weight is 312 g/mol. The molecular formula is C15H24N2O3S. The van der Waals surface area contributed by atoms with E-state index in [1.807, 2.05) is 19.4 Å². The van der Waals surface area contributed by atoms with Gasteiger partial charge in [0, 0.05) is 32.0 Å². The molecular weight excluding hydrogens is 288 g/mol. The second kappa shape index (κ2) is 8.34. The molecule has 118 valence electrons. The Balaban J connectivity index is 1.66. The number of ether oxygens (including phenoxy) is 2. The summed E-state index contributed by atoms with van der Waals surface area (Å²) in [5.74, 6) is 0.651. The second-order valence-electron chi connectivity index (χ2n) is 5.37. The predicted octanol–water partition coefficient (Wildman–Crippen LogP) is 2.50. The zero-order valence-electron chi connectivity index (χ0n) is 12.8. The van der Waals surface area contributed by atoms with Crippen LogP contribution in [0, 0.1) is 5.92 Å². The van der Waals surface area contributed by atoms with Crippen molar-refractivity contribution >= 4 is 22.4 Å². The molecule has 0 radical (unpaired) electrons. The summed E-state index contributed by atoms with van der Waals surface area (Å²) in [7, 11) is 2.02. The SMILES string of the molecule is CCOC(=O)CCc1csc(N(C)CCOCC2CC2)n1. The van der Waals surface area contributed by atoms with Crippen molar-refractivity contribution in [2.45, 2.75) is 32.6 Å². The highest BCUT2D eigenvalue weighted by Crippen LogP contribution is 2.28. The van der Waals surface area contributed by atoms with Crippen LogP contribution in [0.25, 0.3) is 0 Å². The van der Waals surface area contributed by atoms with Crippen LogP contribution < -0.4 is 4.90 Å². The Hall–Kier alpha value is -1.14. The summed E-state index contributed by atoms with van der Waals surface area (Å²) < 4.78 is 10.6. The van der Waals surface area contributed by atoms with E-state index < -0.39 is 0 Å². The van der Waals surface area contributed by atoms with Gasteiger partial charge >= 0.3 is 5.97 Å². The third-order valence-electron chi connectivity index (χ3n) is 3.38. The van der Waals surface area contributed by atoms with E-state index in [0.717, 1.165) is 36.5 Å². The molecule has 1 aromatic heterocycles. The first-order valence-corrected chi connectivity index (χ1v) is 8.46. The number of thiazole rings is 1. The molecule has 1 fully saturated rings. The molecule has 1 aliphatic carbocycles. The molecule has 0 saturated heterocycles. The molecule has 0 N–H and O–H groups in total. The highest BCUT2D eigenvalue weighted by atomic mass is 32.1. The maximum absolute atomic E-state index is 11.3. The molecule has 0 unspecified atom stereocenters. The number of rotatable bonds is 10. The summed E-state index contributed by atoms with van der Waals surface area (Å²) >= 11 is 1.61. The lowest BCUT2D eigenvalue weighted by molar-refractivity contribution is -0.143. The third kappa shape index (κ3) is 6.01. The van der Waals surface area contributed by atoms with Gasteiger partial charge in [-0.2, -0.15) is 0 Å². The minimum Gasteiger partial charge on any atom is -0.466 e. The number of anilines is 1.